The number of halogens is 1. The molecule has 1 aromatic heterocycles. The average Bonchev–Trinajstić information content (AvgIpc) is 2.90. The zero-order valence-corrected chi connectivity index (χ0v) is 14.7. The molecule has 1 unspecified atom stereocenters. The van der Waals surface area contributed by atoms with Crippen LogP contribution in [-0.4, -0.2) is 30.0 Å². The molecule has 2 aromatic rings. The van der Waals surface area contributed by atoms with Crippen molar-refractivity contribution in [3.63, 3.8) is 0 Å². The summed E-state index contributed by atoms with van der Waals surface area (Å²) in [6.07, 6.45) is 0. The molecule has 23 heavy (non-hydrogen) atoms. The van der Waals surface area contributed by atoms with Crippen molar-refractivity contribution in [3.8, 4) is 0 Å². The highest BCUT2D eigenvalue weighted by atomic mass is 35.5. The lowest BCUT2D eigenvalue weighted by atomic mass is 10.2. The maximum Gasteiger partial charge on any atom is 0.324 e. The molecule has 10 heteroatoms. The van der Waals surface area contributed by atoms with Crippen molar-refractivity contribution in [3.05, 3.63) is 39.9 Å². The van der Waals surface area contributed by atoms with Crippen LogP contribution in [0, 0.1) is 6.92 Å². The van der Waals surface area contributed by atoms with Gasteiger partial charge in [0.2, 0.25) is 10.0 Å². The Hall–Kier alpha value is -1.55. The summed E-state index contributed by atoms with van der Waals surface area (Å²) in [4.78, 5) is 12.0. The first-order chi connectivity index (χ1) is 10.8. The van der Waals surface area contributed by atoms with Crippen LogP contribution in [0.3, 0.4) is 0 Å². The molecule has 0 aliphatic heterocycles. The summed E-state index contributed by atoms with van der Waals surface area (Å²) in [7, 11) is -3.80. The smallest absolute Gasteiger partial charge is 0.324 e. The Morgan fingerprint density at radius 3 is 2.61 bits per heavy atom. The number of benzene rings is 1. The number of carbonyl (C=O) groups is 1. The number of hydrogen-bond acceptors (Lipinski definition) is 7. The van der Waals surface area contributed by atoms with E-state index >= 15 is 0 Å². The molecule has 0 aliphatic carbocycles. The van der Waals surface area contributed by atoms with Gasteiger partial charge in [-0.15, -0.1) is 5.10 Å². The van der Waals surface area contributed by atoms with E-state index < -0.39 is 22.0 Å². The summed E-state index contributed by atoms with van der Waals surface area (Å²) in [5.41, 5.74) is 1.27. The Bertz CT molecular complexity index is 790. The third-order valence-electron chi connectivity index (χ3n) is 2.88. The van der Waals surface area contributed by atoms with Gasteiger partial charge in [-0.1, -0.05) is 33.8 Å². The van der Waals surface area contributed by atoms with Gasteiger partial charge >= 0.3 is 5.97 Å². The summed E-state index contributed by atoms with van der Waals surface area (Å²) < 4.78 is 35.6. The van der Waals surface area contributed by atoms with Crippen LogP contribution >= 0.6 is 23.1 Å². The van der Waals surface area contributed by atoms with Gasteiger partial charge in [0.25, 0.3) is 0 Å². The van der Waals surface area contributed by atoms with Gasteiger partial charge in [0.05, 0.1) is 4.90 Å². The van der Waals surface area contributed by atoms with E-state index in [1.807, 2.05) is 6.92 Å². The zero-order valence-electron chi connectivity index (χ0n) is 12.3. The van der Waals surface area contributed by atoms with Gasteiger partial charge in [0.15, 0.2) is 0 Å². The first-order valence-electron chi connectivity index (χ1n) is 6.52. The van der Waals surface area contributed by atoms with E-state index in [1.165, 1.54) is 19.1 Å². The SMILES string of the molecule is Cc1ccc(S(=O)(=O)NC(C)C(=O)OCc2nnsc2Cl)cc1. The minimum atomic E-state index is -3.80. The van der Waals surface area contributed by atoms with Gasteiger partial charge in [-0.3, -0.25) is 4.79 Å². The summed E-state index contributed by atoms with van der Waals surface area (Å²) in [6.45, 7) is 3.09. The Labute approximate surface area is 142 Å². The second kappa shape index (κ2) is 7.35. The van der Waals surface area contributed by atoms with Crippen molar-refractivity contribution in [1.82, 2.24) is 14.3 Å². The average molecular weight is 376 g/mol. The number of hydrogen-bond donors (Lipinski definition) is 1. The van der Waals surface area contributed by atoms with Crippen molar-refractivity contribution in [2.75, 3.05) is 0 Å². The summed E-state index contributed by atoms with van der Waals surface area (Å²) in [6, 6.07) is 5.24. The van der Waals surface area contributed by atoms with Crippen molar-refractivity contribution in [2.45, 2.75) is 31.4 Å². The fraction of sp³-hybridized carbons (Fsp3) is 0.308. The Kier molecular flexibility index (Phi) is 5.69. The minimum Gasteiger partial charge on any atom is -0.458 e. The molecule has 0 amide bonds. The van der Waals surface area contributed by atoms with Crippen LogP contribution < -0.4 is 4.72 Å². The number of ether oxygens (including phenoxy) is 1. The topological polar surface area (TPSA) is 98.2 Å². The molecular weight excluding hydrogens is 362 g/mol. The van der Waals surface area contributed by atoms with E-state index in [0.717, 1.165) is 17.1 Å². The highest BCUT2D eigenvalue weighted by molar-refractivity contribution is 7.89. The normalized spacial score (nSPS) is 12.8. The van der Waals surface area contributed by atoms with Crippen LogP contribution in [0.15, 0.2) is 29.2 Å². The Balaban J connectivity index is 1.97. The molecule has 0 aliphatic rings. The largest absolute Gasteiger partial charge is 0.458 e. The highest BCUT2D eigenvalue weighted by Gasteiger charge is 2.23. The van der Waals surface area contributed by atoms with Crippen LogP contribution in [0.5, 0.6) is 0 Å². The molecular formula is C13H14ClN3O4S2. The second-order valence-corrected chi connectivity index (χ2v) is 7.83. The van der Waals surface area contributed by atoms with E-state index in [9.17, 15) is 13.2 Å². The number of nitrogens with one attached hydrogen (secondary N) is 1. The molecule has 124 valence electrons. The van der Waals surface area contributed by atoms with Crippen LogP contribution in [0.2, 0.25) is 4.34 Å². The molecule has 1 atom stereocenters. The lowest BCUT2D eigenvalue weighted by Gasteiger charge is -2.13. The van der Waals surface area contributed by atoms with E-state index in [-0.39, 0.29) is 11.5 Å². The van der Waals surface area contributed by atoms with E-state index in [1.54, 1.807) is 12.1 Å². The predicted molar refractivity (Wildman–Crippen MR) is 85.7 cm³/mol. The second-order valence-electron chi connectivity index (χ2n) is 4.76. The summed E-state index contributed by atoms with van der Waals surface area (Å²) >= 11 is 6.77. The first kappa shape index (κ1) is 17.8. The van der Waals surface area contributed by atoms with Gasteiger partial charge in [0.1, 0.15) is 22.7 Å². The van der Waals surface area contributed by atoms with Gasteiger partial charge in [0, 0.05) is 11.5 Å². The molecule has 0 saturated heterocycles. The Morgan fingerprint density at radius 1 is 1.39 bits per heavy atom. The van der Waals surface area contributed by atoms with E-state index in [2.05, 4.69) is 14.3 Å². The van der Waals surface area contributed by atoms with Crippen molar-refractivity contribution in [2.24, 2.45) is 0 Å². The summed E-state index contributed by atoms with van der Waals surface area (Å²) in [5, 5.41) is 3.70. The molecule has 1 heterocycles. The molecule has 0 bridgehead atoms. The van der Waals surface area contributed by atoms with Crippen LogP contribution in [0.25, 0.3) is 0 Å². The lowest BCUT2D eigenvalue weighted by molar-refractivity contribution is -0.146. The predicted octanol–water partition coefficient (Wildman–Crippen LogP) is 1.91. The van der Waals surface area contributed by atoms with Crippen LogP contribution in [0.1, 0.15) is 18.2 Å². The lowest BCUT2D eigenvalue weighted by Crippen LogP contribution is -2.39. The molecule has 2 rings (SSSR count). The van der Waals surface area contributed by atoms with E-state index in [4.69, 9.17) is 16.3 Å². The van der Waals surface area contributed by atoms with Crippen LogP contribution in [0.4, 0.5) is 0 Å². The number of aryl methyl sites for hydroxylation is 1. The fourth-order valence-electron chi connectivity index (χ4n) is 1.61. The first-order valence-corrected chi connectivity index (χ1v) is 9.15. The third-order valence-corrected chi connectivity index (χ3v) is 5.42. The van der Waals surface area contributed by atoms with Gasteiger partial charge in [-0.25, -0.2) is 8.42 Å². The number of rotatable bonds is 6. The number of nitrogens with zero attached hydrogens (tertiary/aromatic N) is 2. The minimum absolute atomic E-state index is 0.0782. The molecule has 0 saturated carbocycles. The van der Waals surface area contributed by atoms with Crippen molar-refractivity contribution >= 4 is 39.1 Å². The third kappa shape index (κ3) is 4.71. The number of sulfonamides is 1. The maximum absolute atomic E-state index is 12.2. The number of aromatic nitrogens is 2. The molecule has 7 nitrogen and oxygen atoms in total. The van der Waals surface area contributed by atoms with Crippen LogP contribution in [-0.2, 0) is 26.2 Å². The quantitative estimate of drug-likeness (QED) is 0.774. The molecule has 0 spiro atoms. The molecule has 0 fully saturated rings. The van der Waals surface area contributed by atoms with Gasteiger partial charge in [-0.05, 0) is 26.0 Å². The standard InChI is InChI=1S/C13H14ClN3O4S2/c1-8-3-5-10(6-4-8)23(19,20)16-9(2)13(18)21-7-11-12(14)22-17-15-11/h3-6,9,16H,7H2,1-2H3. The van der Waals surface area contributed by atoms with E-state index in [0.29, 0.717) is 10.0 Å². The maximum atomic E-state index is 12.2. The van der Waals surface area contributed by atoms with Crippen molar-refractivity contribution in [1.29, 1.82) is 0 Å². The monoisotopic (exact) mass is 375 g/mol. The van der Waals surface area contributed by atoms with Gasteiger partial charge in [-0.2, -0.15) is 4.72 Å². The fourth-order valence-corrected chi connectivity index (χ4v) is 3.41. The number of esters is 1. The van der Waals surface area contributed by atoms with Crippen molar-refractivity contribution < 1.29 is 17.9 Å². The number of carbonyl (C=O) groups excluding carboxylic acids is 1. The highest BCUT2D eigenvalue weighted by Crippen LogP contribution is 2.18. The molecule has 0 radical (unpaired) electrons. The summed E-state index contributed by atoms with van der Waals surface area (Å²) in [5.74, 6) is -0.732. The molecule has 1 N–H and O–H groups in total. The Morgan fingerprint density at radius 2 is 2.04 bits per heavy atom. The molecule has 1 aromatic carbocycles. The van der Waals surface area contributed by atoms with Gasteiger partial charge < -0.3 is 4.74 Å². The zero-order chi connectivity index (χ0) is 17.0.